The van der Waals surface area contributed by atoms with Crippen LogP contribution in [0.2, 0.25) is 0 Å². The van der Waals surface area contributed by atoms with Gasteiger partial charge in [0.1, 0.15) is 4.88 Å². The highest BCUT2D eigenvalue weighted by molar-refractivity contribution is 7.99. The maximum atomic E-state index is 13.0. The minimum atomic E-state index is -1.15. The van der Waals surface area contributed by atoms with Gasteiger partial charge in [-0.3, -0.25) is 9.59 Å². The van der Waals surface area contributed by atoms with Gasteiger partial charge in [-0.15, -0.1) is 23.1 Å². The van der Waals surface area contributed by atoms with Gasteiger partial charge in [0.05, 0.1) is 17.7 Å². The SMILES string of the molecule is CC(Sc1cccc(N2C(=O)Cc3csc(C(=O)O)c3C2=O)c1)c1ccccc1. The lowest BCUT2D eigenvalue weighted by Gasteiger charge is -2.26. The molecule has 3 aromatic rings. The van der Waals surface area contributed by atoms with E-state index >= 15 is 0 Å². The molecule has 2 amide bonds. The van der Waals surface area contributed by atoms with Crippen molar-refractivity contribution < 1.29 is 19.5 Å². The summed E-state index contributed by atoms with van der Waals surface area (Å²) in [4.78, 5) is 39.1. The van der Waals surface area contributed by atoms with E-state index < -0.39 is 11.9 Å². The van der Waals surface area contributed by atoms with Crippen LogP contribution in [0.25, 0.3) is 0 Å². The first-order valence-electron chi connectivity index (χ1n) is 8.98. The molecule has 0 saturated carbocycles. The summed E-state index contributed by atoms with van der Waals surface area (Å²) in [6.45, 7) is 2.10. The van der Waals surface area contributed by atoms with Gasteiger partial charge in [0.25, 0.3) is 5.91 Å². The number of aromatic carboxylic acids is 1. The van der Waals surface area contributed by atoms with Gasteiger partial charge in [-0.1, -0.05) is 36.4 Å². The fraction of sp³-hybridized carbons (Fsp3) is 0.136. The Morgan fingerprint density at radius 2 is 1.90 bits per heavy atom. The minimum absolute atomic E-state index is 0.0165. The summed E-state index contributed by atoms with van der Waals surface area (Å²) >= 11 is 2.61. The molecule has 1 unspecified atom stereocenters. The molecule has 4 rings (SSSR count). The molecule has 0 radical (unpaired) electrons. The standard InChI is InChI=1S/C22H17NO4S2/c1-13(14-6-3-2-4-7-14)29-17-9-5-8-16(11-17)23-18(24)10-15-12-28-20(22(26)27)19(15)21(23)25/h2-9,11-13H,10H2,1H3,(H,26,27). The van der Waals surface area contributed by atoms with E-state index in [1.165, 1.54) is 5.56 Å². The number of nitrogens with zero attached hydrogens (tertiary/aromatic N) is 1. The third-order valence-corrected chi connectivity index (χ3v) is 6.90. The zero-order valence-corrected chi connectivity index (χ0v) is 17.1. The Hall–Kier alpha value is -2.90. The van der Waals surface area contributed by atoms with Gasteiger partial charge in [0.15, 0.2) is 0 Å². The molecule has 7 heteroatoms. The number of anilines is 1. The number of fused-ring (bicyclic) bond motifs is 1. The molecule has 1 N–H and O–H groups in total. The number of rotatable bonds is 5. The largest absolute Gasteiger partial charge is 0.477 e. The van der Waals surface area contributed by atoms with Crippen molar-refractivity contribution in [1.29, 1.82) is 0 Å². The van der Waals surface area contributed by atoms with Gasteiger partial charge in [-0.2, -0.15) is 0 Å². The Morgan fingerprint density at radius 3 is 2.62 bits per heavy atom. The number of imide groups is 1. The smallest absolute Gasteiger partial charge is 0.346 e. The summed E-state index contributed by atoms with van der Waals surface area (Å²) < 4.78 is 0. The number of carboxylic acid groups (broad SMARTS) is 1. The van der Waals surface area contributed by atoms with E-state index in [0.717, 1.165) is 21.1 Å². The first-order chi connectivity index (χ1) is 14.0. The Kier molecular flexibility index (Phi) is 5.25. The highest BCUT2D eigenvalue weighted by Crippen LogP contribution is 2.37. The number of benzene rings is 2. The first kappa shape index (κ1) is 19.4. The Balaban J connectivity index is 1.64. The number of amides is 2. The maximum absolute atomic E-state index is 13.0. The van der Waals surface area contributed by atoms with Crippen molar-refractivity contribution in [2.45, 2.75) is 23.5 Å². The van der Waals surface area contributed by atoms with Crippen molar-refractivity contribution in [3.63, 3.8) is 0 Å². The minimum Gasteiger partial charge on any atom is -0.477 e. The van der Waals surface area contributed by atoms with Gasteiger partial charge in [-0.25, -0.2) is 9.69 Å². The molecule has 2 aromatic carbocycles. The average Bonchev–Trinajstić information content (AvgIpc) is 3.13. The summed E-state index contributed by atoms with van der Waals surface area (Å²) in [7, 11) is 0. The van der Waals surface area contributed by atoms with E-state index in [9.17, 15) is 19.5 Å². The van der Waals surface area contributed by atoms with E-state index in [1.54, 1.807) is 35.3 Å². The molecule has 0 spiro atoms. The van der Waals surface area contributed by atoms with Crippen molar-refractivity contribution in [3.8, 4) is 0 Å². The molecule has 1 aliphatic rings. The van der Waals surface area contributed by atoms with Gasteiger partial charge in [0, 0.05) is 10.1 Å². The molecule has 1 aliphatic heterocycles. The van der Waals surface area contributed by atoms with E-state index in [1.807, 2.05) is 24.3 Å². The van der Waals surface area contributed by atoms with Crippen LogP contribution in [0.3, 0.4) is 0 Å². The van der Waals surface area contributed by atoms with E-state index in [2.05, 4.69) is 19.1 Å². The molecule has 1 aromatic heterocycles. The van der Waals surface area contributed by atoms with Crippen LogP contribution in [-0.2, 0) is 11.2 Å². The highest BCUT2D eigenvalue weighted by Gasteiger charge is 2.36. The molecule has 0 bridgehead atoms. The number of carbonyl (C=O) groups excluding carboxylic acids is 2. The Morgan fingerprint density at radius 1 is 1.14 bits per heavy atom. The van der Waals surface area contributed by atoms with Crippen LogP contribution in [0.5, 0.6) is 0 Å². The molecule has 146 valence electrons. The topological polar surface area (TPSA) is 74.7 Å². The molecule has 0 aliphatic carbocycles. The molecule has 1 atom stereocenters. The number of carbonyl (C=O) groups is 3. The second kappa shape index (κ2) is 7.85. The van der Waals surface area contributed by atoms with E-state index in [0.29, 0.717) is 11.3 Å². The van der Waals surface area contributed by atoms with Crippen LogP contribution in [0, 0.1) is 0 Å². The monoisotopic (exact) mass is 423 g/mol. The molecule has 0 saturated heterocycles. The molecular formula is C22H17NO4S2. The summed E-state index contributed by atoms with van der Waals surface area (Å²) in [5.74, 6) is -2.08. The molecule has 2 heterocycles. The third-order valence-electron chi connectivity index (χ3n) is 4.73. The first-order valence-corrected chi connectivity index (χ1v) is 10.7. The fourth-order valence-corrected chi connectivity index (χ4v) is 5.28. The number of hydrogen-bond acceptors (Lipinski definition) is 5. The van der Waals surface area contributed by atoms with Crippen LogP contribution in [0.1, 0.15) is 43.3 Å². The zero-order chi connectivity index (χ0) is 20.5. The van der Waals surface area contributed by atoms with Crippen LogP contribution >= 0.6 is 23.1 Å². The van der Waals surface area contributed by atoms with Gasteiger partial charge >= 0.3 is 5.97 Å². The summed E-state index contributed by atoms with van der Waals surface area (Å²) in [5, 5.41) is 11.2. The lowest BCUT2D eigenvalue weighted by molar-refractivity contribution is -0.117. The quantitative estimate of drug-likeness (QED) is 0.460. The van der Waals surface area contributed by atoms with Crippen molar-refractivity contribution in [1.82, 2.24) is 0 Å². The van der Waals surface area contributed by atoms with Crippen LogP contribution in [0.15, 0.2) is 64.9 Å². The zero-order valence-electron chi connectivity index (χ0n) is 15.5. The summed E-state index contributed by atoms with van der Waals surface area (Å²) in [6, 6.07) is 17.3. The van der Waals surface area contributed by atoms with Gasteiger partial charge in [-0.05, 0) is 41.6 Å². The number of carboxylic acids is 1. The predicted molar refractivity (Wildman–Crippen MR) is 114 cm³/mol. The number of hydrogen-bond donors (Lipinski definition) is 1. The maximum Gasteiger partial charge on any atom is 0.346 e. The summed E-state index contributed by atoms with van der Waals surface area (Å²) in [6.07, 6.45) is 0.0165. The molecule has 5 nitrogen and oxygen atoms in total. The predicted octanol–water partition coefficient (Wildman–Crippen LogP) is 5.03. The second-order valence-electron chi connectivity index (χ2n) is 6.65. The molecule has 29 heavy (non-hydrogen) atoms. The van der Waals surface area contributed by atoms with Crippen molar-refractivity contribution in [2.75, 3.05) is 4.90 Å². The fourth-order valence-electron chi connectivity index (χ4n) is 3.34. The van der Waals surface area contributed by atoms with Crippen molar-refractivity contribution >= 4 is 46.6 Å². The third kappa shape index (κ3) is 3.71. The Bertz CT molecular complexity index is 1110. The van der Waals surface area contributed by atoms with Crippen LogP contribution < -0.4 is 4.90 Å². The lowest BCUT2D eigenvalue weighted by atomic mass is 10.0. The van der Waals surface area contributed by atoms with Gasteiger partial charge < -0.3 is 5.11 Å². The average molecular weight is 424 g/mol. The second-order valence-corrected chi connectivity index (χ2v) is 8.94. The Labute approximate surface area is 176 Å². The lowest BCUT2D eigenvalue weighted by Crippen LogP contribution is -2.42. The van der Waals surface area contributed by atoms with E-state index in [4.69, 9.17) is 0 Å². The highest BCUT2D eigenvalue weighted by atomic mass is 32.2. The van der Waals surface area contributed by atoms with E-state index in [-0.39, 0.29) is 28.0 Å². The van der Waals surface area contributed by atoms with Crippen molar-refractivity contribution in [3.05, 3.63) is 81.5 Å². The normalized spacial score (nSPS) is 14.6. The molecular weight excluding hydrogens is 406 g/mol. The van der Waals surface area contributed by atoms with Crippen LogP contribution in [0.4, 0.5) is 5.69 Å². The number of thioether (sulfide) groups is 1. The number of thiophene rings is 1. The van der Waals surface area contributed by atoms with Gasteiger partial charge in [0.2, 0.25) is 5.91 Å². The van der Waals surface area contributed by atoms with Crippen molar-refractivity contribution in [2.24, 2.45) is 0 Å². The van der Waals surface area contributed by atoms with Crippen LogP contribution in [-0.4, -0.2) is 22.9 Å². The molecule has 0 fully saturated rings. The summed E-state index contributed by atoms with van der Waals surface area (Å²) in [5.41, 5.74) is 2.25.